The lowest BCUT2D eigenvalue weighted by atomic mass is 10.0. The minimum absolute atomic E-state index is 0.162. The van der Waals surface area contributed by atoms with E-state index in [2.05, 4.69) is 10.6 Å². The van der Waals surface area contributed by atoms with E-state index >= 15 is 0 Å². The van der Waals surface area contributed by atoms with E-state index in [9.17, 15) is 9.59 Å². The van der Waals surface area contributed by atoms with Crippen LogP contribution in [0.5, 0.6) is 0 Å². The lowest BCUT2D eigenvalue weighted by Crippen LogP contribution is -2.42. The van der Waals surface area contributed by atoms with E-state index in [4.69, 9.17) is 4.42 Å². The van der Waals surface area contributed by atoms with Crippen LogP contribution in [0.4, 0.5) is 5.69 Å². The van der Waals surface area contributed by atoms with Gasteiger partial charge in [0, 0.05) is 16.8 Å². The summed E-state index contributed by atoms with van der Waals surface area (Å²) in [7, 11) is 0. The van der Waals surface area contributed by atoms with Crippen molar-refractivity contribution in [3.63, 3.8) is 0 Å². The fraction of sp³-hybridized carbons (Fsp3) is 0.333. The Labute approximate surface area is 136 Å². The van der Waals surface area contributed by atoms with Crippen molar-refractivity contribution in [3.05, 3.63) is 53.5 Å². The van der Waals surface area contributed by atoms with Gasteiger partial charge in [-0.05, 0) is 57.0 Å². The third kappa shape index (κ3) is 4.22. The molecular formula is C18H22N2O3. The number of aryl methyl sites for hydroxylation is 1. The number of carbonyl (C=O) groups is 2. The van der Waals surface area contributed by atoms with Gasteiger partial charge in [-0.3, -0.25) is 9.59 Å². The quantitative estimate of drug-likeness (QED) is 0.882. The smallest absolute Gasteiger partial charge is 0.291 e. The second-order valence-electron chi connectivity index (χ2n) is 6.15. The number of nitrogens with one attached hydrogen (secondary N) is 2. The third-order valence-electron chi connectivity index (χ3n) is 3.83. The summed E-state index contributed by atoms with van der Waals surface area (Å²) in [4.78, 5) is 24.4. The van der Waals surface area contributed by atoms with Crippen molar-refractivity contribution in [1.82, 2.24) is 5.32 Å². The van der Waals surface area contributed by atoms with Gasteiger partial charge in [0.25, 0.3) is 11.8 Å². The molecule has 0 atom stereocenters. The second-order valence-corrected chi connectivity index (χ2v) is 6.15. The minimum Gasteiger partial charge on any atom is -0.459 e. The van der Waals surface area contributed by atoms with Gasteiger partial charge in [-0.1, -0.05) is 13.0 Å². The van der Waals surface area contributed by atoms with Crippen molar-refractivity contribution < 1.29 is 14.0 Å². The summed E-state index contributed by atoms with van der Waals surface area (Å²) in [6.07, 6.45) is 2.27. The predicted octanol–water partition coefficient (Wildman–Crippen LogP) is 3.76. The Kier molecular flexibility index (Phi) is 4.89. The summed E-state index contributed by atoms with van der Waals surface area (Å²) < 4.78 is 5.07. The first kappa shape index (κ1) is 16.8. The Morgan fingerprint density at radius 3 is 2.52 bits per heavy atom. The van der Waals surface area contributed by atoms with Gasteiger partial charge < -0.3 is 15.1 Å². The normalized spacial score (nSPS) is 11.1. The average molecular weight is 314 g/mol. The Morgan fingerprint density at radius 2 is 1.91 bits per heavy atom. The van der Waals surface area contributed by atoms with E-state index in [1.807, 2.05) is 33.8 Å². The maximum absolute atomic E-state index is 12.4. The SMILES string of the molecule is CCC(C)(C)NC(=O)c1ccc(C)c(NC(=O)c2ccco2)c1. The maximum atomic E-state index is 12.4. The molecule has 5 heteroatoms. The standard InChI is InChI=1S/C18H22N2O3/c1-5-18(3,4)20-16(21)13-9-8-12(2)14(11-13)19-17(22)15-7-6-10-23-15/h6-11H,5H2,1-4H3,(H,19,22)(H,20,21). The van der Waals surface area contributed by atoms with Crippen molar-refractivity contribution in [2.45, 2.75) is 39.7 Å². The lowest BCUT2D eigenvalue weighted by Gasteiger charge is -2.24. The van der Waals surface area contributed by atoms with Gasteiger partial charge in [-0.25, -0.2) is 0 Å². The number of benzene rings is 1. The largest absolute Gasteiger partial charge is 0.459 e. The molecule has 2 rings (SSSR count). The van der Waals surface area contributed by atoms with Crippen LogP contribution in [0.2, 0.25) is 0 Å². The molecule has 0 unspecified atom stereocenters. The molecule has 2 amide bonds. The summed E-state index contributed by atoms with van der Waals surface area (Å²) in [5.74, 6) is -0.277. The van der Waals surface area contributed by atoms with Gasteiger partial charge in [0.1, 0.15) is 0 Å². The number of furan rings is 1. The highest BCUT2D eigenvalue weighted by atomic mass is 16.3. The molecule has 0 radical (unpaired) electrons. The molecule has 2 N–H and O–H groups in total. The van der Waals surface area contributed by atoms with E-state index in [1.54, 1.807) is 24.3 Å². The van der Waals surface area contributed by atoms with Crippen LogP contribution in [0, 0.1) is 6.92 Å². The molecular weight excluding hydrogens is 292 g/mol. The lowest BCUT2D eigenvalue weighted by molar-refractivity contribution is 0.0910. The van der Waals surface area contributed by atoms with E-state index in [-0.39, 0.29) is 23.1 Å². The van der Waals surface area contributed by atoms with Gasteiger partial charge >= 0.3 is 0 Å². The number of rotatable bonds is 5. The predicted molar refractivity (Wildman–Crippen MR) is 89.7 cm³/mol. The van der Waals surface area contributed by atoms with Crippen LogP contribution in [0.3, 0.4) is 0 Å². The molecule has 0 bridgehead atoms. The van der Waals surface area contributed by atoms with Crippen LogP contribution in [0.1, 0.15) is 53.7 Å². The van der Waals surface area contributed by atoms with E-state index < -0.39 is 0 Å². The summed E-state index contributed by atoms with van der Waals surface area (Å²) in [6.45, 7) is 7.83. The Bertz CT molecular complexity index is 703. The fourth-order valence-corrected chi connectivity index (χ4v) is 1.96. The molecule has 0 aliphatic heterocycles. The molecule has 0 aliphatic carbocycles. The summed E-state index contributed by atoms with van der Waals surface area (Å²) >= 11 is 0. The highest BCUT2D eigenvalue weighted by Crippen LogP contribution is 2.19. The second kappa shape index (κ2) is 6.69. The van der Waals surface area contributed by atoms with E-state index in [0.29, 0.717) is 11.3 Å². The maximum Gasteiger partial charge on any atom is 0.291 e. The molecule has 122 valence electrons. The third-order valence-corrected chi connectivity index (χ3v) is 3.83. The van der Waals surface area contributed by atoms with Gasteiger partial charge in [-0.2, -0.15) is 0 Å². The zero-order valence-corrected chi connectivity index (χ0v) is 13.9. The monoisotopic (exact) mass is 314 g/mol. The van der Waals surface area contributed by atoms with Crippen LogP contribution >= 0.6 is 0 Å². The van der Waals surface area contributed by atoms with E-state index in [1.165, 1.54) is 6.26 Å². The first-order valence-corrected chi connectivity index (χ1v) is 7.60. The average Bonchev–Trinajstić information content (AvgIpc) is 3.03. The molecule has 0 fully saturated rings. The first-order valence-electron chi connectivity index (χ1n) is 7.60. The molecule has 0 saturated carbocycles. The van der Waals surface area contributed by atoms with Gasteiger partial charge in [0.2, 0.25) is 0 Å². The number of hydrogen-bond acceptors (Lipinski definition) is 3. The fourth-order valence-electron chi connectivity index (χ4n) is 1.96. The van der Waals surface area contributed by atoms with Crippen molar-refractivity contribution in [1.29, 1.82) is 0 Å². The Morgan fingerprint density at radius 1 is 1.17 bits per heavy atom. The molecule has 1 aromatic carbocycles. The molecule has 1 heterocycles. The van der Waals surface area contributed by atoms with E-state index in [0.717, 1.165) is 12.0 Å². The van der Waals surface area contributed by atoms with Crippen LogP contribution in [0.15, 0.2) is 41.0 Å². The van der Waals surface area contributed by atoms with Crippen molar-refractivity contribution in [2.24, 2.45) is 0 Å². The van der Waals surface area contributed by atoms with Crippen molar-refractivity contribution >= 4 is 17.5 Å². The highest BCUT2D eigenvalue weighted by Gasteiger charge is 2.19. The number of hydrogen-bond donors (Lipinski definition) is 2. The molecule has 23 heavy (non-hydrogen) atoms. The Balaban J connectivity index is 2.19. The van der Waals surface area contributed by atoms with Crippen LogP contribution < -0.4 is 10.6 Å². The summed E-state index contributed by atoms with van der Waals surface area (Å²) in [5, 5.41) is 5.75. The number of amides is 2. The summed E-state index contributed by atoms with van der Waals surface area (Å²) in [6, 6.07) is 8.48. The number of anilines is 1. The molecule has 5 nitrogen and oxygen atoms in total. The Hall–Kier alpha value is -2.56. The molecule has 0 saturated heterocycles. The first-order chi connectivity index (χ1) is 10.8. The zero-order chi connectivity index (χ0) is 17.0. The van der Waals surface area contributed by atoms with Gasteiger partial charge in [-0.15, -0.1) is 0 Å². The molecule has 0 spiro atoms. The number of carbonyl (C=O) groups excluding carboxylic acids is 2. The molecule has 1 aromatic heterocycles. The van der Waals surface area contributed by atoms with Gasteiger partial charge in [0.15, 0.2) is 5.76 Å². The van der Waals surface area contributed by atoms with Crippen LogP contribution in [-0.4, -0.2) is 17.4 Å². The van der Waals surface area contributed by atoms with Gasteiger partial charge in [0.05, 0.1) is 6.26 Å². The van der Waals surface area contributed by atoms with Crippen LogP contribution in [-0.2, 0) is 0 Å². The topological polar surface area (TPSA) is 71.3 Å². The van der Waals surface area contributed by atoms with Crippen LogP contribution in [0.25, 0.3) is 0 Å². The zero-order valence-electron chi connectivity index (χ0n) is 13.9. The van der Waals surface area contributed by atoms with Crippen molar-refractivity contribution in [2.75, 3.05) is 5.32 Å². The summed E-state index contributed by atoms with van der Waals surface area (Å²) in [5.41, 5.74) is 1.69. The highest BCUT2D eigenvalue weighted by molar-refractivity contribution is 6.04. The molecule has 2 aromatic rings. The molecule has 0 aliphatic rings. The minimum atomic E-state index is -0.343. The van der Waals surface area contributed by atoms with Crippen molar-refractivity contribution in [3.8, 4) is 0 Å².